The van der Waals surface area contributed by atoms with Gasteiger partial charge in [0, 0.05) is 17.5 Å². The van der Waals surface area contributed by atoms with Crippen LogP contribution < -0.4 is 18.9 Å². The van der Waals surface area contributed by atoms with E-state index in [1.165, 1.54) is 6.07 Å². The second-order valence-corrected chi connectivity index (χ2v) is 7.93. The summed E-state index contributed by atoms with van der Waals surface area (Å²) in [6, 6.07) is 20.1. The maximum absolute atomic E-state index is 13.1. The fourth-order valence-electron chi connectivity index (χ4n) is 4.52. The lowest BCUT2D eigenvalue weighted by molar-refractivity contribution is -0.0578. The third-order valence-electron chi connectivity index (χ3n) is 5.98. The molecule has 2 atom stereocenters. The van der Waals surface area contributed by atoms with E-state index in [-0.39, 0.29) is 11.8 Å². The molecule has 0 aliphatic carbocycles. The first kappa shape index (κ1) is 19.8. The van der Waals surface area contributed by atoms with E-state index in [4.69, 9.17) is 24.0 Å². The van der Waals surface area contributed by atoms with E-state index in [1.54, 1.807) is 18.2 Å². The van der Waals surface area contributed by atoms with Crippen LogP contribution in [0.3, 0.4) is 0 Å². The van der Waals surface area contributed by atoms with Crippen molar-refractivity contribution in [1.29, 1.82) is 0 Å². The molecule has 6 nitrogen and oxygen atoms in total. The molecular formula is C25H20F2N2O4. The van der Waals surface area contributed by atoms with Crippen molar-refractivity contribution in [2.24, 2.45) is 5.10 Å². The van der Waals surface area contributed by atoms with E-state index in [1.807, 2.05) is 47.5 Å². The van der Waals surface area contributed by atoms with Gasteiger partial charge in [0.1, 0.15) is 24.7 Å². The molecule has 6 rings (SSSR count). The van der Waals surface area contributed by atoms with Crippen molar-refractivity contribution in [2.45, 2.75) is 25.3 Å². The van der Waals surface area contributed by atoms with Crippen LogP contribution in [0.4, 0.5) is 8.78 Å². The van der Waals surface area contributed by atoms with Gasteiger partial charge in [-0.1, -0.05) is 30.3 Å². The molecule has 0 aromatic heterocycles. The van der Waals surface area contributed by atoms with Gasteiger partial charge in [0.15, 0.2) is 11.5 Å². The van der Waals surface area contributed by atoms with Crippen LogP contribution in [0.1, 0.15) is 35.4 Å². The Morgan fingerprint density at radius 2 is 1.64 bits per heavy atom. The minimum absolute atomic E-state index is 0.0682. The minimum atomic E-state index is -2.94. The fraction of sp³-hybridized carbons (Fsp3) is 0.240. The number of ether oxygens (including phenoxy) is 4. The second kappa shape index (κ2) is 7.95. The maximum atomic E-state index is 13.1. The van der Waals surface area contributed by atoms with Crippen LogP contribution in [0.15, 0.2) is 71.8 Å². The number of nitrogens with zero attached hydrogens (tertiary/aromatic N) is 2. The molecule has 3 heterocycles. The van der Waals surface area contributed by atoms with Gasteiger partial charge < -0.3 is 18.9 Å². The van der Waals surface area contributed by atoms with Crippen LogP contribution in [0.5, 0.6) is 23.0 Å². The molecule has 3 aromatic carbocycles. The Kier molecular flexibility index (Phi) is 4.78. The van der Waals surface area contributed by atoms with Crippen LogP contribution in [-0.2, 0) is 0 Å². The number of alkyl halides is 2. The number of rotatable bonds is 4. The number of benzene rings is 3. The topological polar surface area (TPSA) is 52.5 Å². The molecule has 3 aliphatic rings. The molecule has 3 aliphatic heterocycles. The van der Waals surface area contributed by atoms with Crippen molar-refractivity contribution in [3.8, 4) is 23.0 Å². The molecule has 0 saturated heterocycles. The van der Waals surface area contributed by atoms with Gasteiger partial charge in [-0.25, -0.2) is 5.01 Å². The summed E-state index contributed by atoms with van der Waals surface area (Å²) in [6.07, 6.45) is -0.0800. The molecule has 0 amide bonds. The molecule has 0 unspecified atom stereocenters. The lowest BCUT2D eigenvalue weighted by Crippen LogP contribution is -2.34. The van der Waals surface area contributed by atoms with Crippen LogP contribution in [0.25, 0.3) is 0 Å². The molecule has 0 fully saturated rings. The first-order chi connectivity index (χ1) is 16.2. The van der Waals surface area contributed by atoms with Crippen molar-refractivity contribution in [3.05, 3.63) is 83.4 Å². The number of hydrogen-bond acceptors (Lipinski definition) is 6. The SMILES string of the molecule is FC(F)Oc1ccccc1[C@@H]1Oc2ccccc2[C@H]2CC(c3ccc4c(c3)OCCO4)=NN21. The van der Waals surface area contributed by atoms with Gasteiger partial charge in [0.05, 0.1) is 17.3 Å². The Morgan fingerprint density at radius 3 is 2.48 bits per heavy atom. The van der Waals surface area contributed by atoms with Crippen molar-refractivity contribution in [1.82, 2.24) is 5.01 Å². The Balaban J connectivity index is 1.42. The highest BCUT2D eigenvalue weighted by Crippen LogP contribution is 2.49. The first-order valence-electron chi connectivity index (χ1n) is 10.7. The molecular weight excluding hydrogens is 430 g/mol. The zero-order valence-corrected chi connectivity index (χ0v) is 17.5. The molecule has 168 valence electrons. The van der Waals surface area contributed by atoms with Crippen LogP contribution >= 0.6 is 0 Å². The molecule has 3 aromatic rings. The van der Waals surface area contributed by atoms with E-state index in [2.05, 4.69) is 0 Å². The number of hydrazone groups is 1. The highest BCUT2D eigenvalue weighted by molar-refractivity contribution is 6.02. The van der Waals surface area contributed by atoms with Gasteiger partial charge in [-0.05, 0) is 36.4 Å². The number of fused-ring (bicyclic) bond motifs is 4. The maximum Gasteiger partial charge on any atom is 0.387 e. The van der Waals surface area contributed by atoms with E-state index in [0.717, 1.165) is 16.8 Å². The van der Waals surface area contributed by atoms with Crippen LogP contribution in [-0.4, -0.2) is 30.5 Å². The Hall–Kier alpha value is -3.81. The first-order valence-corrected chi connectivity index (χ1v) is 10.7. The molecule has 0 bridgehead atoms. The smallest absolute Gasteiger partial charge is 0.387 e. The molecule has 33 heavy (non-hydrogen) atoms. The van der Waals surface area contributed by atoms with E-state index >= 15 is 0 Å². The van der Waals surface area contributed by atoms with E-state index in [9.17, 15) is 8.78 Å². The quantitative estimate of drug-likeness (QED) is 0.540. The minimum Gasteiger partial charge on any atom is -0.486 e. The molecule has 0 spiro atoms. The van der Waals surface area contributed by atoms with Gasteiger partial charge in [0.25, 0.3) is 0 Å². The van der Waals surface area contributed by atoms with Gasteiger partial charge in [-0.3, -0.25) is 0 Å². The molecule has 0 radical (unpaired) electrons. The highest BCUT2D eigenvalue weighted by atomic mass is 19.3. The van der Waals surface area contributed by atoms with Crippen LogP contribution in [0.2, 0.25) is 0 Å². The zero-order chi connectivity index (χ0) is 22.4. The Labute approximate surface area is 188 Å². The van der Waals surface area contributed by atoms with Crippen LogP contribution in [0, 0.1) is 0 Å². The summed E-state index contributed by atoms with van der Waals surface area (Å²) in [5.41, 5.74) is 3.26. The Bertz CT molecular complexity index is 1230. The van der Waals surface area contributed by atoms with E-state index in [0.29, 0.717) is 42.4 Å². The van der Waals surface area contributed by atoms with Crippen molar-refractivity contribution in [2.75, 3.05) is 13.2 Å². The van der Waals surface area contributed by atoms with Crippen molar-refractivity contribution >= 4 is 5.71 Å². The zero-order valence-electron chi connectivity index (χ0n) is 17.5. The predicted molar refractivity (Wildman–Crippen MR) is 116 cm³/mol. The van der Waals surface area contributed by atoms with Gasteiger partial charge in [-0.2, -0.15) is 13.9 Å². The summed E-state index contributed by atoms with van der Waals surface area (Å²) < 4.78 is 48.6. The normalized spacial score (nSPS) is 20.6. The summed E-state index contributed by atoms with van der Waals surface area (Å²) in [5, 5.41) is 6.73. The standard InChI is InChI=1S/C25H20F2N2O4/c26-25(27)33-21-8-4-2-6-17(21)24-29-19(16-5-1-3-7-20(16)32-24)14-18(28-29)15-9-10-22-23(13-15)31-12-11-30-22/h1-10,13,19,24-25H,11-12,14H2/t19-,24+/m1/s1. The van der Waals surface area contributed by atoms with E-state index < -0.39 is 12.8 Å². The van der Waals surface area contributed by atoms with Gasteiger partial charge in [0.2, 0.25) is 6.23 Å². The Morgan fingerprint density at radius 1 is 0.879 bits per heavy atom. The predicted octanol–water partition coefficient (Wildman–Crippen LogP) is 5.30. The molecule has 0 saturated carbocycles. The fourth-order valence-corrected chi connectivity index (χ4v) is 4.52. The lowest BCUT2D eigenvalue weighted by atomic mass is 9.95. The summed E-state index contributed by atoms with van der Waals surface area (Å²) in [5.74, 6) is 2.17. The summed E-state index contributed by atoms with van der Waals surface area (Å²) in [6.45, 7) is -1.91. The summed E-state index contributed by atoms with van der Waals surface area (Å²) >= 11 is 0. The average molecular weight is 450 g/mol. The average Bonchev–Trinajstić information content (AvgIpc) is 3.29. The largest absolute Gasteiger partial charge is 0.486 e. The van der Waals surface area contributed by atoms with Crippen molar-refractivity contribution in [3.63, 3.8) is 0 Å². The van der Waals surface area contributed by atoms with Gasteiger partial charge >= 0.3 is 6.61 Å². The van der Waals surface area contributed by atoms with Crippen molar-refractivity contribution < 1.29 is 27.7 Å². The number of para-hydroxylation sites is 2. The summed E-state index contributed by atoms with van der Waals surface area (Å²) in [7, 11) is 0. The number of hydrogen-bond donors (Lipinski definition) is 0. The highest BCUT2D eigenvalue weighted by Gasteiger charge is 2.42. The number of halogens is 2. The third-order valence-corrected chi connectivity index (χ3v) is 5.98. The second-order valence-electron chi connectivity index (χ2n) is 7.93. The van der Waals surface area contributed by atoms with Gasteiger partial charge in [-0.15, -0.1) is 0 Å². The molecule has 8 heteroatoms. The molecule has 0 N–H and O–H groups in total. The lowest BCUT2D eigenvalue weighted by Gasteiger charge is -2.38. The summed E-state index contributed by atoms with van der Waals surface area (Å²) in [4.78, 5) is 0. The third kappa shape index (κ3) is 3.51. The monoisotopic (exact) mass is 450 g/mol.